The normalized spacial score (nSPS) is 10.9. The lowest BCUT2D eigenvalue weighted by atomic mass is 10.1. The van der Waals surface area contributed by atoms with Crippen LogP contribution in [0.1, 0.15) is 35.1 Å². The minimum Gasteiger partial charge on any atom is -0.397 e. The van der Waals surface area contributed by atoms with Crippen molar-refractivity contribution in [3.8, 4) is 0 Å². The number of carbonyl (C=O) groups is 1. The predicted octanol–water partition coefficient (Wildman–Crippen LogP) is 1.88. The minimum atomic E-state index is -0.236. The van der Waals surface area contributed by atoms with E-state index in [2.05, 4.69) is 9.59 Å². The van der Waals surface area contributed by atoms with Gasteiger partial charge in [-0.1, -0.05) is 30.5 Å². The standard InChI is InChI=1S/C14H18N4O2S/c1-9(2)12-13(21-17-16-12)14(20)18(7-8-19)11-6-4-3-5-10(11)15/h3-6,9,19H,7-8,15H2,1-2H3. The molecule has 6 nitrogen and oxygen atoms in total. The van der Waals surface area contributed by atoms with Crippen LogP contribution in [0.3, 0.4) is 0 Å². The third-order valence-corrected chi connectivity index (χ3v) is 3.78. The molecule has 1 heterocycles. The Morgan fingerprint density at radius 3 is 2.76 bits per heavy atom. The Morgan fingerprint density at radius 2 is 2.14 bits per heavy atom. The van der Waals surface area contributed by atoms with Gasteiger partial charge in [0, 0.05) is 6.54 Å². The molecule has 1 aromatic carbocycles. The fourth-order valence-corrected chi connectivity index (χ4v) is 2.78. The lowest BCUT2D eigenvalue weighted by molar-refractivity contribution is 0.0983. The van der Waals surface area contributed by atoms with Gasteiger partial charge in [0.2, 0.25) is 0 Å². The Balaban J connectivity index is 2.41. The lowest BCUT2D eigenvalue weighted by Gasteiger charge is -2.23. The van der Waals surface area contributed by atoms with E-state index in [1.165, 1.54) is 4.90 Å². The zero-order valence-electron chi connectivity index (χ0n) is 12.0. The molecule has 0 unspecified atom stereocenters. The fourth-order valence-electron chi connectivity index (χ4n) is 2.01. The molecule has 7 heteroatoms. The monoisotopic (exact) mass is 306 g/mol. The van der Waals surface area contributed by atoms with Gasteiger partial charge in [0.25, 0.3) is 5.91 Å². The number of nitrogen functional groups attached to an aromatic ring is 1. The number of nitrogens with zero attached hydrogens (tertiary/aromatic N) is 3. The summed E-state index contributed by atoms with van der Waals surface area (Å²) >= 11 is 1.07. The zero-order valence-corrected chi connectivity index (χ0v) is 12.8. The first-order valence-corrected chi connectivity index (χ1v) is 7.43. The van der Waals surface area contributed by atoms with Crippen LogP contribution in [0, 0.1) is 0 Å². The molecule has 0 fully saturated rings. The summed E-state index contributed by atoms with van der Waals surface area (Å²) < 4.78 is 3.87. The van der Waals surface area contributed by atoms with Crippen LogP contribution in [0.25, 0.3) is 0 Å². The van der Waals surface area contributed by atoms with Crippen LogP contribution in [0.2, 0.25) is 0 Å². The molecule has 2 rings (SSSR count). The molecule has 112 valence electrons. The van der Waals surface area contributed by atoms with Crippen molar-refractivity contribution >= 4 is 28.8 Å². The molecule has 2 aromatic rings. The van der Waals surface area contributed by atoms with E-state index < -0.39 is 0 Å². The van der Waals surface area contributed by atoms with Gasteiger partial charge in [-0.15, -0.1) is 5.10 Å². The summed E-state index contributed by atoms with van der Waals surface area (Å²) in [4.78, 5) is 14.7. The van der Waals surface area contributed by atoms with Crippen molar-refractivity contribution in [3.63, 3.8) is 0 Å². The molecule has 1 aromatic heterocycles. The number of hydrogen-bond donors (Lipinski definition) is 2. The van der Waals surface area contributed by atoms with Crippen molar-refractivity contribution in [1.29, 1.82) is 0 Å². The molecule has 0 spiro atoms. The predicted molar refractivity (Wildman–Crippen MR) is 83.6 cm³/mol. The van der Waals surface area contributed by atoms with Crippen molar-refractivity contribution in [2.75, 3.05) is 23.8 Å². The van der Waals surface area contributed by atoms with Crippen LogP contribution in [0.5, 0.6) is 0 Å². The van der Waals surface area contributed by atoms with Gasteiger partial charge in [0.15, 0.2) is 0 Å². The molecule has 0 atom stereocenters. The Labute approximate surface area is 127 Å². The number of aliphatic hydroxyl groups is 1. The molecule has 0 aliphatic heterocycles. The van der Waals surface area contributed by atoms with Gasteiger partial charge in [-0.2, -0.15) is 0 Å². The number of anilines is 2. The van der Waals surface area contributed by atoms with Gasteiger partial charge in [-0.25, -0.2) is 0 Å². The van der Waals surface area contributed by atoms with Crippen molar-refractivity contribution < 1.29 is 9.90 Å². The highest BCUT2D eigenvalue weighted by molar-refractivity contribution is 7.08. The number of carbonyl (C=O) groups excluding carboxylic acids is 1. The maximum absolute atomic E-state index is 12.8. The van der Waals surface area contributed by atoms with Crippen molar-refractivity contribution in [2.24, 2.45) is 0 Å². The van der Waals surface area contributed by atoms with Gasteiger partial charge < -0.3 is 15.7 Å². The minimum absolute atomic E-state index is 0.104. The number of para-hydroxylation sites is 2. The van der Waals surface area contributed by atoms with E-state index in [-0.39, 0.29) is 25.0 Å². The topological polar surface area (TPSA) is 92.3 Å². The SMILES string of the molecule is CC(C)c1nnsc1C(=O)N(CCO)c1ccccc1N. The van der Waals surface area contributed by atoms with Gasteiger partial charge in [-0.05, 0) is 29.6 Å². The summed E-state index contributed by atoms with van der Waals surface area (Å²) in [5, 5.41) is 13.3. The van der Waals surface area contributed by atoms with E-state index in [0.29, 0.717) is 21.9 Å². The number of aliphatic hydroxyl groups excluding tert-OH is 1. The maximum atomic E-state index is 12.8. The maximum Gasteiger partial charge on any atom is 0.272 e. The van der Waals surface area contributed by atoms with E-state index in [1.54, 1.807) is 24.3 Å². The second kappa shape index (κ2) is 6.64. The van der Waals surface area contributed by atoms with Gasteiger partial charge in [0.1, 0.15) is 4.88 Å². The highest BCUT2D eigenvalue weighted by atomic mass is 32.1. The third-order valence-electron chi connectivity index (χ3n) is 3.05. The van der Waals surface area contributed by atoms with Crippen molar-refractivity contribution in [3.05, 3.63) is 34.8 Å². The molecular weight excluding hydrogens is 288 g/mol. The average molecular weight is 306 g/mol. The van der Waals surface area contributed by atoms with Crippen LogP contribution in [0.15, 0.2) is 24.3 Å². The van der Waals surface area contributed by atoms with Crippen LogP contribution >= 0.6 is 11.5 Å². The summed E-state index contributed by atoms with van der Waals surface area (Å²) in [6.07, 6.45) is 0. The van der Waals surface area contributed by atoms with Crippen LogP contribution in [-0.4, -0.2) is 33.8 Å². The van der Waals surface area contributed by atoms with E-state index in [1.807, 2.05) is 13.8 Å². The number of aromatic nitrogens is 2. The van der Waals surface area contributed by atoms with E-state index in [4.69, 9.17) is 5.73 Å². The molecule has 0 aliphatic carbocycles. The summed E-state index contributed by atoms with van der Waals surface area (Å²) in [6.45, 7) is 3.94. The lowest BCUT2D eigenvalue weighted by Crippen LogP contribution is -2.34. The summed E-state index contributed by atoms with van der Waals surface area (Å²) in [6, 6.07) is 7.08. The van der Waals surface area contributed by atoms with E-state index in [9.17, 15) is 9.90 Å². The van der Waals surface area contributed by atoms with Gasteiger partial charge >= 0.3 is 0 Å². The van der Waals surface area contributed by atoms with E-state index >= 15 is 0 Å². The van der Waals surface area contributed by atoms with Gasteiger partial charge in [0.05, 0.1) is 23.7 Å². The molecule has 0 saturated carbocycles. The quantitative estimate of drug-likeness (QED) is 0.823. The molecule has 0 saturated heterocycles. The first-order chi connectivity index (χ1) is 10.1. The number of nitrogens with two attached hydrogens (primary N) is 1. The molecule has 0 aliphatic rings. The third kappa shape index (κ3) is 3.20. The summed E-state index contributed by atoms with van der Waals surface area (Å²) in [5.41, 5.74) is 7.68. The molecule has 0 bridgehead atoms. The number of hydrogen-bond acceptors (Lipinski definition) is 6. The largest absolute Gasteiger partial charge is 0.397 e. The Hall–Kier alpha value is -1.99. The number of rotatable bonds is 5. The Bertz CT molecular complexity index is 627. The average Bonchev–Trinajstić information content (AvgIpc) is 2.94. The van der Waals surface area contributed by atoms with Crippen LogP contribution in [-0.2, 0) is 0 Å². The van der Waals surface area contributed by atoms with Crippen molar-refractivity contribution in [2.45, 2.75) is 19.8 Å². The van der Waals surface area contributed by atoms with Gasteiger partial charge in [-0.3, -0.25) is 4.79 Å². The van der Waals surface area contributed by atoms with Crippen LogP contribution < -0.4 is 10.6 Å². The zero-order chi connectivity index (χ0) is 15.4. The van der Waals surface area contributed by atoms with E-state index in [0.717, 1.165) is 11.5 Å². The molecule has 3 N–H and O–H groups in total. The Kier molecular flexibility index (Phi) is 4.87. The summed E-state index contributed by atoms with van der Waals surface area (Å²) in [7, 11) is 0. The molecule has 21 heavy (non-hydrogen) atoms. The number of amides is 1. The highest BCUT2D eigenvalue weighted by Crippen LogP contribution is 2.27. The second-order valence-electron chi connectivity index (χ2n) is 4.88. The molecule has 1 amide bonds. The van der Waals surface area contributed by atoms with Crippen LogP contribution in [0.4, 0.5) is 11.4 Å². The smallest absolute Gasteiger partial charge is 0.272 e. The first kappa shape index (κ1) is 15.4. The van der Waals surface area contributed by atoms with Crippen molar-refractivity contribution in [1.82, 2.24) is 9.59 Å². The summed E-state index contributed by atoms with van der Waals surface area (Å²) in [5.74, 6) is -0.132. The second-order valence-corrected chi connectivity index (χ2v) is 5.64. The first-order valence-electron chi connectivity index (χ1n) is 6.65. The molecule has 0 radical (unpaired) electrons. The molecular formula is C14H18N4O2S. The number of benzene rings is 1. The Morgan fingerprint density at radius 1 is 1.43 bits per heavy atom. The fraction of sp³-hybridized carbons (Fsp3) is 0.357. The highest BCUT2D eigenvalue weighted by Gasteiger charge is 2.25.